The molecule has 0 saturated carbocycles. The van der Waals surface area contributed by atoms with Gasteiger partial charge in [0.25, 0.3) is 0 Å². The van der Waals surface area contributed by atoms with Crippen LogP contribution in [0.2, 0.25) is 0 Å². The second-order valence-electron chi connectivity index (χ2n) is 5.51. The lowest BCUT2D eigenvalue weighted by atomic mass is 10.1. The van der Waals surface area contributed by atoms with Crippen molar-refractivity contribution in [1.29, 1.82) is 0 Å². The highest BCUT2D eigenvalue weighted by Crippen LogP contribution is 2.20. The first-order chi connectivity index (χ1) is 11.5. The molecule has 1 unspecified atom stereocenters. The van der Waals surface area contributed by atoms with Crippen LogP contribution in [0, 0.1) is 5.82 Å². The number of carbonyl (C=O) groups excluding carboxylic acids is 2. The SMILES string of the molecule is COc1ccc(CN2CCNC(=O)C2CC(=O)NCCO)c(F)c1. The van der Waals surface area contributed by atoms with Gasteiger partial charge < -0.3 is 20.5 Å². The van der Waals surface area contributed by atoms with Crippen LogP contribution >= 0.6 is 0 Å². The first kappa shape index (κ1) is 18.2. The molecule has 0 aromatic heterocycles. The highest BCUT2D eigenvalue weighted by molar-refractivity contribution is 5.88. The van der Waals surface area contributed by atoms with Crippen molar-refractivity contribution in [2.24, 2.45) is 0 Å². The van der Waals surface area contributed by atoms with Crippen LogP contribution in [-0.4, -0.2) is 61.2 Å². The molecule has 1 saturated heterocycles. The largest absolute Gasteiger partial charge is 0.497 e. The number of hydrogen-bond acceptors (Lipinski definition) is 5. The molecule has 0 bridgehead atoms. The van der Waals surface area contributed by atoms with E-state index < -0.39 is 11.9 Å². The number of nitrogens with one attached hydrogen (secondary N) is 2. The lowest BCUT2D eigenvalue weighted by Gasteiger charge is -2.34. The first-order valence-corrected chi connectivity index (χ1v) is 7.77. The van der Waals surface area contributed by atoms with E-state index in [9.17, 15) is 14.0 Å². The fourth-order valence-electron chi connectivity index (χ4n) is 2.62. The van der Waals surface area contributed by atoms with Gasteiger partial charge in [-0.1, -0.05) is 6.07 Å². The van der Waals surface area contributed by atoms with Crippen LogP contribution < -0.4 is 15.4 Å². The van der Waals surface area contributed by atoms with Gasteiger partial charge in [-0.05, 0) is 6.07 Å². The monoisotopic (exact) mass is 339 g/mol. The van der Waals surface area contributed by atoms with Gasteiger partial charge in [0.1, 0.15) is 11.6 Å². The van der Waals surface area contributed by atoms with Gasteiger partial charge in [0.2, 0.25) is 11.8 Å². The van der Waals surface area contributed by atoms with Gasteiger partial charge in [-0.3, -0.25) is 14.5 Å². The maximum atomic E-state index is 14.1. The van der Waals surface area contributed by atoms with Gasteiger partial charge in [-0.15, -0.1) is 0 Å². The number of hydrogen-bond donors (Lipinski definition) is 3. The lowest BCUT2D eigenvalue weighted by Crippen LogP contribution is -2.56. The Hall–Kier alpha value is -2.19. The summed E-state index contributed by atoms with van der Waals surface area (Å²) in [5.41, 5.74) is 0.436. The van der Waals surface area contributed by atoms with E-state index in [4.69, 9.17) is 9.84 Å². The molecule has 1 aliphatic heterocycles. The average molecular weight is 339 g/mol. The molecule has 7 nitrogen and oxygen atoms in total. The molecule has 1 atom stereocenters. The fourth-order valence-corrected chi connectivity index (χ4v) is 2.62. The standard InChI is InChI=1S/C16H22FN3O4/c1-24-12-3-2-11(13(17)8-12)10-20-6-4-19-16(23)14(20)9-15(22)18-5-7-21/h2-3,8,14,21H,4-7,9-10H2,1H3,(H,18,22)(H,19,23). The predicted octanol–water partition coefficient (Wildman–Crippen LogP) is -0.367. The van der Waals surface area contributed by atoms with Gasteiger partial charge in [0, 0.05) is 37.8 Å². The minimum atomic E-state index is -0.668. The second-order valence-corrected chi connectivity index (χ2v) is 5.51. The molecule has 2 amide bonds. The van der Waals surface area contributed by atoms with Crippen molar-refractivity contribution in [2.75, 3.05) is 33.4 Å². The molecule has 8 heteroatoms. The number of amides is 2. The van der Waals surface area contributed by atoms with Crippen LogP contribution in [0.15, 0.2) is 18.2 Å². The van der Waals surface area contributed by atoms with Crippen molar-refractivity contribution < 1.29 is 23.8 Å². The average Bonchev–Trinajstić information content (AvgIpc) is 2.57. The Balaban J connectivity index is 2.07. The summed E-state index contributed by atoms with van der Waals surface area (Å²) < 4.78 is 19.1. The van der Waals surface area contributed by atoms with E-state index in [-0.39, 0.29) is 37.9 Å². The summed E-state index contributed by atoms with van der Waals surface area (Å²) in [5, 5.41) is 14.0. The molecule has 0 aliphatic carbocycles. The van der Waals surface area contributed by atoms with Gasteiger partial charge in [0.15, 0.2) is 0 Å². The van der Waals surface area contributed by atoms with E-state index in [1.54, 1.807) is 17.0 Å². The molecule has 1 aliphatic rings. The molecule has 132 valence electrons. The molecule has 24 heavy (non-hydrogen) atoms. The number of aliphatic hydroxyl groups is 1. The van der Waals surface area contributed by atoms with E-state index in [1.165, 1.54) is 13.2 Å². The van der Waals surface area contributed by atoms with Crippen LogP contribution in [0.3, 0.4) is 0 Å². The van der Waals surface area contributed by atoms with Gasteiger partial charge in [0.05, 0.1) is 26.2 Å². The van der Waals surface area contributed by atoms with Gasteiger partial charge in [-0.25, -0.2) is 4.39 Å². The number of methoxy groups -OCH3 is 1. The smallest absolute Gasteiger partial charge is 0.237 e. The summed E-state index contributed by atoms with van der Waals surface area (Å²) in [7, 11) is 1.46. The van der Waals surface area contributed by atoms with E-state index in [0.29, 0.717) is 24.4 Å². The maximum absolute atomic E-state index is 14.1. The highest BCUT2D eigenvalue weighted by atomic mass is 19.1. The summed E-state index contributed by atoms with van der Waals surface area (Å²) >= 11 is 0. The molecule has 2 rings (SSSR count). The Bertz CT molecular complexity index is 597. The zero-order valence-electron chi connectivity index (χ0n) is 13.5. The van der Waals surface area contributed by atoms with Crippen LogP contribution in [-0.2, 0) is 16.1 Å². The summed E-state index contributed by atoms with van der Waals surface area (Å²) in [5.74, 6) is -0.572. The van der Waals surface area contributed by atoms with Crippen molar-refractivity contribution in [2.45, 2.75) is 19.0 Å². The van der Waals surface area contributed by atoms with Crippen molar-refractivity contribution in [3.8, 4) is 5.75 Å². The summed E-state index contributed by atoms with van der Waals surface area (Å²) in [6.45, 7) is 1.17. The van der Waals surface area contributed by atoms with Crippen molar-refractivity contribution >= 4 is 11.8 Å². The minimum absolute atomic E-state index is 0.0381. The number of benzene rings is 1. The molecule has 1 fully saturated rings. The summed E-state index contributed by atoms with van der Waals surface area (Å²) in [4.78, 5) is 25.7. The van der Waals surface area contributed by atoms with Crippen molar-refractivity contribution in [1.82, 2.24) is 15.5 Å². The summed E-state index contributed by atoms with van der Waals surface area (Å²) in [6, 6.07) is 3.90. The number of halogens is 1. The lowest BCUT2D eigenvalue weighted by molar-refractivity contribution is -0.134. The van der Waals surface area contributed by atoms with Crippen molar-refractivity contribution in [3.05, 3.63) is 29.6 Å². The molecule has 1 aromatic rings. The van der Waals surface area contributed by atoms with Crippen LogP contribution in [0.4, 0.5) is 4.39 Å². The topological polar surface area (TPSA) is 90.9 Å². The quantitative estimate of drug-likeness (QED) is 0.631. The van der Waals surface area contributed by atoms with Crippen molar-refractivity contribution in [3.63, 3.8) is 0 Å². The molecule has 1 heterocycles. The van der Waals surface area contributed by atoms with Crippen LogP contribution in [0.25, 0.3) is 0 Å². The second kappa shape index (κ2) is 8.60. The Morgan fingerprint density at radius 1 is 1.54 bits per heavy atom. The summed E-state index contributed by atoms with van der Waals surface area (Å²) in [6.07, 6.45) is -0.0381. The Morgan fingerprint density at radius 2 is 2.33 bits per heavy atom. The Labute approximate surface area is 139 Å². The first-order valence-electron chi connectivity index (χ1n) is 7.77. The third-order valence-electron chi connectivity index (χ3n) is 3.89. The molecule has 0 spiro atoms. The van der Waals surface area contributed by atoms with Gasteiger partial charge >= 0.3 is 0 Å². The number of aliphatic hydroxyl groups excluding tert-OH is 1. The van der Waals surface area contributed by atoms with E-state index in [2.05, 4.69) is 10.6 Å². The predicted molar refractivity (Wildman–Crippen MR) is 84.9 cm³/mol. The number of piperazine rings is 1. The Morgan fingerprint density at radius 3 is 3.00 bits per heavy atom. The molecule has 3 N–H and O–H groups in total. The molecular weight excluding hydrogens is 317 g/mol. The maximum Gasteiger partial charge on any atom is 0.237 e. The van der Waals surface area contributed by atoms with Crippen LogP contribution in [0.1, 0.15) is 12.0 Å². The van der Waals surface area contributed by atoms with E-state index >= 15 is 0 Å². The number of carbonyl (C=O) groups is 2. The number of rotatable bonds is 7. The Kier molecular flexibility index (Phi) is 6.51. The zero-order chi connectivity index (χ0) is 17.5. The van der Waals surface area contributed by atoms with E-state index in [0.717, 1.165) is 0 Å². The number of nitrogens with zero attached hydrogens (tertiary/aromatic N) is 1. The number of ether oxygens (including phenoxy) is 1. The fraction of sp³-hybridized carbons (Fsp3) is 0.500. The zero-order valence-corrected chi connectivity index (χ0v) is 13.5. The van der Waals surface area contributed by atoms with Crippen LogP contribution in [0.5, 0.6) is 5.75 Å². The molecule has 1 aromatic carbocycles. The highest BCUT2D eigenvalue weighted by Gasteiger charge is 2.31. The minimum Gasteiger partial charge on any atom is -0.497 e. The third kappa shape index (κ3) is 4.65. The third-order valence-corrected chi connectivity index (χ3v) is 3.89. The van der Waals surface area contributed by atoms with E-state index in [1.807, 2.05) is 0 Å². The normalized spacial score (nSPS) is 18.1. The molecular formula is C16H22FN3O4. The van der Waals surface area contributed by atoms with Gasteiger partial charge in [-0.2, -0.15) is 0 Å². The molecule has 0 radical (unpaired) electrons.